The Balaban J connectivity index is 1.64. The van der Waals surface area contributed by atoms with Crippen LogP contribution in [0.5, 0.6) is 5.75 Å². The number of thiophene rings is 1. The van der Waals surface area contributed by atoms with Gasteiger partial charge in [-0.05, 0) is 47.9 Å². The van der Waals surface area contributed by atoms with Crippen LogP contribution < -0.4 is 10.1 Å². The van der Waals surface area contributed by atoms with E-state index in [-0.39, 0.29) is 0 Å². The molecule has 112 valence electrons. The van der Waals surface area contributed by atoms with Gasteiger partial charge in [-0.3, -0.25) is 0 Å². The number of hydrogen-bond acceptors (Lipinski definition) is 5. The van der Waals surface area contributed by atoms with Crippen LogP contribution in [-0.2, 0) is 12.8 Å². The highest BCUT2D eigenvalue weighted by molar-refractivity contribution is 7.17. The predicted octanol–water partition coefficient (Wildman–Crippen LogP) is 3.59. The number of methoxy groups -OCH3 is 1. The number of ether oxygens (including phenoxy) is 1. The van der Waals surface area contributed by atoms with Gasteiger partial charge in [0.2, 0.25) is 0 Å². The smallest absolute Gasteiger partial charge is 0.138 e. The first-order chi connectivity index (χ1) is 10.8. The molecule has 2 aromatic heterocycles. The molecule has 0 saturated heterocycles. The Labute approximate surface area is 133 Å². The van der Waals surface area contributed by atoms with Crippen LogP contribution in [0.25, 0.3) is 10.2 Å². The van der Waals surface area contributed by atoms with Crippen LogP contribution in [0.3, 0.4) is 0 Å². The molecular formula is C17H17N3OS. The molecule has 1 unspecified atom stereocenters. The Hall–Kier alpha value is -2.14. The molecule has 0 bridgehead atoms. The molecule has 1 aromatic carbocycles. The molecule has 0 fully saturated rings. The van der Waals surface area contributed by atoms with E-state index >= 15 is 0 Å². The van der Waals surface area contributed by atoms with E-state index in [1.54, 1.807) is 24.8 Å². The maximum absolute atomic E-state index is 5.48. The van der Waals surface area contributed by atoms with Gasteiger partial charge in [0.15, 0.2) is 0 Å². The van der Waals surface area contributed by atoms with Crippen molar-refractivity contribution in [3.63, 3.8) is 0 Å². The minimum absolute atomic E-state index is 0.351. The van der Waals surface area contributed by atoms with Crippen molar-refractivity contribution in [2.75, 3.05) is 12.4 Å². The fourth-order valence-corrected chi connectivity index (χ4v) is 4.12. The van der Waals surface area contributed by atoms with E-state index in [4.69, 9.17) is 4.74 Å². The van der Waals surface area contributed by atoms with Crippen LogP contribution in [0.15, 0.2) is 29.9 Å². The predicted molar refractivity (Wildman–Crippen MR) is 90.0 cm³/mol. The molecule has 4 nitrogen and oxygen atoms in total. The molecule has 1 aliphatic rings. The van der Waals surface area contributed by atoms with Crippen molar-refractivity contribution in [3.05, 3.63) is 46.6 Å². The third-order valence-corrected chi connectivity index (χ3v) is 5.27. The summed E-state index contributed by atoms with van der Waals surface area (Å²) >= 11 is 1.67. The second-order valence-corrected chi connectivity index (χ2v) is 6.53. The van der Waals surface area contributed by atoms with Crippen LogP contribution >= 0.6 is 11.3 Å². The van der Waals surface area contributed by atoms with Crippen molar-refractivity contribution in [2.24, 2.45) is 0 Å². The summed E-state index contributed by atoms with van der Waals surface area (Å²) in [6.45, 7) is 2.11. The average Bonchev–Trinajstić information content (AvgIpc) is 3.11. The van der Waals surface area contributed by atoms with E-state index in [0.717, 1.165) is 34.6 Å². The Morgan fingerprint density at radius 2 is 2.18 bits per heavy atom. The molecule has 3 aromatic rings. The summed E-state index contributed by atoms with van der Waals surface area (Å²) < 4.78 is 5.48. The quantitative estimate of drug-likeness (QED) is 0.803. The number of anilines is 1. The summed E-state index contributed by atoms with van der Waals surface area (Å²) in [5, 5.41) is 6.89. The van der Waals surface area contributed by atoms with Crippen LogP contribution in [0.4, 0.5) is 5.82 Å². The summed E-state index contributed by atoms with van der Waals surface area (Å²) in [4.78, 5) is 9.86. The molecule has 1 N–H and O–H groups in total. The lowest BCUT2D eigenvalue weighted by molar-refractivity contribution is 0.410. The zero-order valence-corrected chi connectivity index (χ0v) is 13.4. The van der Waals surface area contributed by atoms with Crippen molar-refractivity contribution in [3.8, 4) is 5.75 Å². The van der Waals surface area contributed by atoms with Gasteiger partial charge in [0.05, 0.1) is 12.5 Å². The molecule has 22 heavy (non-hydrogen) atoms. The van der Waals surface area contributed by atoms with Gasteiger partial charge in [0.25, 0.3) is 0 Å². The van der Waals surface area contributed by atoms with E-state index in [1.807, 2.05) is 6.07 Å². The molecule has 0 radical (unpaired) electrons. The van der Waals surface area contributed by atoms with Crippen molar-refractivity contribution >= 4 is 27.4 Å². The van der Waals surface area contributed by atoms with Gasteiger partial charge < -0.3 is 10.1 Å². The molecule has 4 rings (SSSR count). The van der Waals surface area contributed by atoms with Gasteiger partial charge in [-0.1, -0.05) is 12.1 Å². The van der Waals surface area contributed by atoms with Crippen LogP contribution in [0.1, 0.15) is 16.7 Å². The Bertz CT molecular complexity index is 843. The number of fused-ring (bicyclic) bond motifs is 2. The van der Waals surface area contributed by atoms with Crippen molar-refractivity contribution in [1.82, 2.24) is 9.97 Å². The largest absolute Gasteiger partial charge is 0.496 e. The molecule has 2 heterocycles. The van der Waals surface area contributed by atoms with Gasteiger partial charge in [-0.15, -0.1) is 11.3 Å². The molecule has 0 amide bonds. The Morgan fingerprint density at radius 1 is 1.27 bits per heavy atom. The van der Waals surface area contributed by atoms with Gasteiger partial charge in [-0.2, -0.15) is 0 Å². The fourth-order valence-electron chi connectivity index (χ4n) is 3.23. The number of hydrogen-bond donors (Lipinski definition) is 1. The maximum atomic E-state index is 5.48. The number of nitrogens with zero attached hydrogens (tertiary/aromatic N) is 2. The monoisotopic (exact) mass is 311 g/mol. The number of benzene rings is 1. The first kappa shape index (κ1) is 13.5. The third kappa shape index (κ3) is 2.13. The Morgan fingerprint density at radius 3 is 3.05 bits per heavy atom. The lowest BCUT2D eigenvalue weighted by Gasteiger charge is -2.14. The molecule has 5 heteroatoms. The van der Waals surface area contributed by atoms with Crippen molar-refractivity contribution in [2.45, 2.75) is 25.8 Å². The first-order valence-corrected chi connectivity index (χ1v) is 8.24. The highest BCUT2D eigenvalue weighted by Gasteiger charge is 2.25. The number of aryl methyl sites for hydroxylation is 1. The molecule has 0 saturated carbocycles. The van der Waals surface area contributed by atoms with E-state index in [0.29, 0.717) is 6.04 Å². The minimum Gasteiger partial charge on any atom is -0.496 e. The second kappa shape index (κ2) is 5.25. The van der Waals surface area contributed by atoms with Crippen LogP contribution in [0, 0.1) is 6.92 Å². The highest BCUT2D eigenvalue weighted by atomic mass is 32.1. The summed E-state index contributed by atoms with van der Waals surface area (Å²) in [6, 6.07) is 6.63. The molecule has 1 atom stereocenters. The van der Waals surface area contributed by atoms with Gasteiger partial charge >= 0.3 is 0 Å². The van der Waals surface area contributed by atoms with E-state index in [2.05, 4.69) is 39.7 Å². The normalized spacial score (nSPS) is 16.7. The summed E-state index contributed by atoms with van der Waals surface area (Å²) in [6.07, 6.45) is 3.61. The number of nitrogens with one attached hydrogen (secondary N) is 1. The Kier molecular flexibility index (Phi) is 3.22. The van der Waals surface area contributed by atoms with Gasteiger partial charge in [0.1, 0.15) is 22.7 Å². The van der Waals surface area contributed by atoms with Crippen molar-refractivity contribution < 1.29 is 4.74 Å². The molecule has 0 aliphatic heterocycles. The first-order valence-electron chi connectivity index (χ1n) is 7.36. The van der Waals surface area contributed by atoms with Crippen LogP contribution in [0.2, 0.25) is 0 Å². The molecule has 0 spiro atoms. The summed E-state index contributed by atoms with van der Waals surface area (Å²) in [7, 11) is 1.74. The minimum atomic E-state index is 0.351. The van der Waals surface area contributed by atoms with Crippen LogP contribution in [-0.4, -0.2) is 23.1 Å². The number of aromatic nitrogens is 2. The average molecular weight is 311 g/mol. The lowest BCUT2D eigenvalue weighted by atomic mass is 10.1. The molecular weight excluding hydrogens is 294 g/mol. The van der Waals surface area contributed by atoms with Gasteiger partial charge in [-0.25, -0.2) is 9.97 Å². The summed E-state index contributed by atoms with van der Waals surface area (Å²) in [5.41, 5.74) is 3.91. The lowest BCUT2D eigenvalue weighted by Crippen LogP contribution is -2.20. The second-order valence-electron chi connectivity index (χ2n) is 5.67. The standard InChI is InChI=1S/C17H17N3OS/c1-10-8-22-17-15(10)16(18-9-19-17)20-12-6-11-4-3-5-14(21-2)13(11)7-12/h3-5,8-9,12H,6-7H2,1-2H3,(H,18,19,20). The van der Waals surface area contributed by atoms with Crippen molar-refractivity contribution in [1.29, 1.82) is 0 Å². The van der Waals surface area contributed by atoms with E-state index in [1.165, 1.54) is 16.7 Å². The van der Waals surface area contributed by atoms with E-state index in [9.17, 15) is 0 Å². The fraction of sp³-hybridized carbons (Fsp3) is 0.294. The van der Waals surface area contributed by atoms with Gasteiger partial charge in [0, 0.05) is 6.04 Å². The SMILES string of the molecule is COc1cccc2c1CC(Nc1ncnc3scc(C)c13)C2. The zero-order chi connectivity index (χ0) is 15.1. The molecule has 1 aliphatic carbocycles. The maximum Gasteiger partial charge on any atom is 0.138 e. The van der Waals surface area contributed by atoms with E-state index < -0.39 is 0 Å². The highest BCUT2D eigenvalue weighted by Crippen LogP contribution is 2.34. The number of rotatable bonds is 3. The zero-order valence-electron chi connectivity index (χ0n) is 12.6. The topological polar surface area (TPSA) is 47.0 Å². The summed E-state index contributed by atoms with van der Waals surface area (Å²) in [5.74, 6) is 1.93. The third-order valence-electron chi connectivity index (χ3n) is 4.26.